The Labute approximate surface area is 116 Å². The number of nitrogens with one attached hydrogen (secondary N) is 1. The molecule has 0 saturated carbocycles. The summed E-state index contributed by atoms with van der Waals surface area (Å²) in [5.74, 6) is -0.585. The maximum Gasteiger partial charge on any atom is 0.146 e. The lowest BCUT2D eigenvalue weighted by atomic mass is 10.3. The second-order valence-electron chi connectivity index (χ2n) is 4.85. The molecule has 1 heterocycles. The van der Waals surface area contributed by atoms with Gasteiger partial charge in [0, 0.05) is 36.3 Å². The highest BCUT2D eigenvalue weighted by molar-refractivity contribution is 5.24. The third kappa shape index (κ3) is 4.35. The van der Waals surface area contributed by atoms with E-state index in [1.54, 1.807) is 6.26 Å². The van der Waals surface area contributed by atoms with Gasteiger partial charge >= 0.3 is 0 Å². The van der Waals surface area contributed by atoms with Crippen molar-refractivity contribution < 1.29 is 17.9 Å². The summed E-state index contributed by atoms with van der Waals surface area (Å²) in [7, 11) is 0. The van der Waals surface area contributed by atoms with Crippen molar-refractivity contribution in [2.75, 3.05) is 0 Å². The quantitative estimate of drug-likeness (QED) is 0.878. The number of hydrogen-bond donors (Lipinski definition) is 1. The second kappa shape index (κ2) is 6.52. The zero-order valence-electron chi connectivity index (χ0n) is 11.5. The topological polar surface area (TPSA) is 34.4 Å². The van der Waals surface area contributed by atoms with Crippen molar-refractivity contribution in [2.24, 2.45) is 0 Å². The fourth-order valence-corrected chi connectivity index (χ4v) is 1.68. The van der Waals surface area contributed by atoms with Crippen LogP contribution in [0.15, 0.2) is 34.9 Å². The standard InChI is InChI=1S/C15H17F2NO2/c1-10(2)18-7-11-3-15(19-8-11)9-20-14-5-12(16)4-13(17)6-14/h3-6,8,10,18H,7,9H2,1-2H3. The van der Waals surface area contributed by atoms with E-state index in [0.717, 1.165) is 23.8 Å². The first-order chi connectivity index (χ1) is 9.52. The van der Waals surface area contributed by atoms with Crippen molar-refractivity contribution in [3.05, 3.63) is 53.5 Å². The Kier molecular flexibility index (Phi) is 4.74. The first-order valence-electron chi connectivity index (χ1n) is 6.41. The van der Waals surface area contributed by atoms with Gasteiger partial charge in [0.1, 0.15) is 29.8 Å². The van der Waals surface area contributed by atoms with E-state index < -0.39 is 11.6 Å². The van der Waals surface area contributed by atoms with Gasteiger partial charge in [-0.15, -0.1) is 0 Å². The molecule has 0 aliphatic rings. The Morgan fingerprint density at radius 1 is 1.15 bits per heavy atom. The molecule has 0 unspecified atom stereocenters. The molecule has 0 aliphatic carbocycles. The molecule has 20 heavy (non-hydrogen) atoms. The highest BCUT2D eigenvalue weighted by Gasteiger charge is 2.05. The van der Waals surface area contributed by atoms with Crippen molar-refractivity contribution in [1.82, 2.24) is 5.32 Å². The minimum atomic E-state index is -0.665. The predicted molar refractivity (Wildman–Crippen MR) is 71.4 cm³/mol. The molecule has 3 nitrogen and oxygen atoms in total. The molecular formula is C15H17F2NO2. The zero-order chi connectivity index (χ0) is 14.5. The summed E-state index contributed by atoms with van der Waals surface area (Å²) in [5, 5.41) is 3.26. The minimum absolute atomic E-state index is 0.130. The molecule has 0 bridgehead atoms. The van der Waals surface area contributed by atoms with Crippen LogP contribution in [-0.2, 0) is 13.2 Å². The monoisotopic (exact) mass is 281 g/mol. The molecule has 108 valence electrons. The Morgan fingerprint density at radius 2 is 1.85 bits per heavy atom. The molecule has 1 aromatic carbocycles. The Balaban J connectivity index is 1.90. The molecule has 0 spiro atoms. The minimum Gasteiger partial charge on any atom is -0.485 e. The lowest BCUT2D eigenvalue weighted by molar-refractivity contribution is 0.268. The van der Waals surface area contributed by atoms with Gasteiger partial charge in [-0.2, -0.15) is 0 Å². The summed E-state index contributed by atoms with van der Waals surface area (Å²) in [6.07, 6.45) is 1.64. The smallest absolute Gasteiger partial charge is 0.146 e. The summed E-state index contributed by atoms with van der Waals surface area (Å²) in [6.45, 7) is 4.95. The van der Waals surface area contributed by atoms with Crippen molar-refractivity contribution in [1.29, 1.82) is 0 Å². The van der Waals surface area contributed by atoms with Crippen LogP contribution in [0.2, 0.25) is 0 Å². The Hall–Kier alpha value is -1.88. The number of hydrogen-bond acceptors (Lipinski definition) is 3. The van der Waals surface area contributed by atoms with Gasteiger partial charge in [0.15, 0.2) is 0 Å². The summed E-state index contributed by atoms with van der Waals surface area (Å²) in [5.41, 5.74) is 1.00. The molecule has 0 radical (unpaired) electrons. The van der Waals surface area contributed by atoms with Crippen molar-refractivity contribution >= 4 is 0 Å². The van der Waals surface area contributed by atoms with Crippen LogP contribution in [0.3, 0.4) is 0 Å². The van der Waals surface area contributed by atoms with Crippen molar-refractivity contribution in [3.63, 3.8) is 0 Å². The van der Waals surface area contributed by atoms with E-state index in [-0.39, 0.29) is 12.4 Å². The number of furan rings is 1. The van der Waals surface area contributed by atoms with E-state index in [2.05, 4.69) is 19.2 Å². The van der Waals surface area contributed by atoms with Crippen LogP contribution in [0.25, 0.3) is 0 Å². The molecule has 2 aromatic rings. The van der Waals surface area contributed by atoms with Gasteiger partial charge in [-0.25, -0.2) is 8.78 Å². The molecule has 0 atom stereocenters. The molecule has 2 rings (SSSR count). The van der Waals surface area contributed by atoms with Crippen LogP contribution >= 0.6 is 0 Å². The van der Waals surface area contributed by atoms with Gasteiger partial charge in [-0.05, 0) is 6.07 Å². The summed E-state index contributed by atoms with van der Waals surface area (Å²) >= 11 is 0. The van der Waals surface area contributed by atoms with E-state index in [1.165, 1.54) is 0 Å². The summed E-state index contributed by atoms with van der Waals surface area (Å²) in [4.78, 5) is 0. The lowest BCUT2D eigenvalue weighted by Gasteiger charge is -2.05. The van der Waals surface area contributed by atoms with Crippen LogP contribution in [-0.4, -0.2) is 6.04 Å². The van der Waals surface area contributed by atoms with Crippen molar-refractivity contribution in [2.45, 2.75) is 33.0 Å². The SMILES string of the molecule is CC(C)NCc1coc(COc2cc(F)cc(F)c2)c1. The first-order valence-corrected chi connectivity index (χ1v) is 6.41. The molecule has 0 fully saturated rings. The van der Waals surface area contributed by atoms with E-state index in [0.29, 0.717) is 18.3 Å². The van der Waals surface area contributed by atoms with E-state index in [9.17, 15) is 8.78 Å². The maximum absolute atomic E-state index is 13.0. The van der Waals surface area contributed by atoms with Crippen LogP contribution < -0.4 is 10.1 Å². The van der Waals surface area contributed by atoms with Crippen LogP contribution in [0, 0.1) is 11.6 Å². The van der Waals surface area contributed by atoms with Gasteiger partial charge in [0.05, 0.1) is 6.26 Å². The van der Waals surface area contributed by atoms with Crippen LogP contribution in [0.4, 0.5) is 8.78 Å². The van der Waals surface area contributed by atoms with E-state index in [4.69, 9.17) is 9.15 Å². The van der Waals surface area contributed by atoms with Crippen LogP contribution in [0.1, 0.15) is 25.2 Å². The molecule has 1 aromatic heterocycles. The van der Waals surface area contributed by atoms with Gasteiger partial charge in [0.25, 0.3) is 0 Å². The number of rotatable bonds is 6. The Morgan fingerprint density at radius 3 is 2.50 bits per heavy atom. The fraction of sp³-hybridized carbons (Fsp3) is 0.333. The predicted octanol–water partition coefficient (Wildman–Crippen LogP) is 3.63. The largest absolute Gasteiger partial charge is 0.485 e. The fourth-order valence-electron chi connectivity index (χ4n) is 1.68. The van der Waals surface area contributed by atoms with Gasteiger partial charge in [-0.3, -0.25) is 0 Å². The highest BCUT2D eigenvalue weighted by Crippen LogP contribution is 2.17. The molecule has 5 heteroatoms. The summed E-state index contributed by atoms with van der Waals surface area (Å²) in [6, 6.07) is 5.31. The third-order valence-corrected chi connectivity index (χ3v) is 2.64. The summed E-state index contributed by atoms with van der Waals surface area (Å²) < 4.78 is 36.6. The van der Waals surface area contributed by atoms with E-state index in [1.807, 2.05) is 6.07 Å². The lowest BCUT2D eigenvalue weighted by Crippen LogP contribution is -2.21. The van der Waals surface area contributed by atoms with Gasteiger partial charge in [0.2, 0.25) is 0 Å². The molecular weight excluding hydrogens is 264 g/mol. The first kappa shape index (κ1) is 14.5. The van der Waals surface area contributed by atoms with Crippen molar-refractivity contribution in [3.8, 4) is 5.75 Å². The maximum atomic E-state index is 13.0. The van der Waals surface area contributed by atoms with Gasteiger partial charge < -0.3 is 14.5 Å². The number of benzene rings is 1. The highest BCUT2D eigenvalue weighted by atomic mass is 19.1. The third-order valence-electron chi connectivity index (χ3n) is 2.64. The molecule has 0 aliphatic heterocycles. The zero-order valence-corrected chi connectivity index (χ0v) is 11.5. The normalized spacial score (nSPS) is 11.1. The number of ether oxygens (including phenoxy) is 1. The molecule has 1 N–H and O–H groups in total. The van der Waals surface area contributed by atoms with Crippen LogP contribution in [0.5, 0.6) is 5.75 Å². The van der Waals surface area contributed by atoms with E-state index >= 15 is 0 Å². The second-order valence-corrected chi connectivity index (χ2v) is 4.85. The molecule has 0 saturated heterocycles. The average molecular weight is 281 g/mol. The Bertz CT molecular complexity index is 547. The van der Waals surface area contributed by atoms with Gasteiger partial charge in [-0.1, -0.05) is 13.8 Å². The molecule has 0 amide bonds. The number of halogens is 2. The average Bonchev–Trinajstić information content (AvgIpc) is 2.81.